The zero-order valence-corrected chi connectivity index (χ0v) is 12.4. The average Bonchev–Trinajstić information content (AvgIpc) is 2.90. The molecule has 0 saturated carbocycles. The highest BCUT2D eigenvalue weighted by molar-refractivity contribution is 7.22. The monoisotopic (exact) mass is 299 g/mol. The number of ether oxygens (including phenoxy) is 1. The molecule has 0 aliphatic heterocycles. The number of nitrogens with zero attached hydrogens (tertiary/aromatic N) is 1. The standard InChI is InChI=1S/C16H17N3OS/c17-12-7-8-14-15(11-12)21-16(19-14)18-9-4-10-20-13-5-2-1-3-6-13/h1-3,5-8,11H,4,9-10,17H2,(H,18,19). The van der Waals surface area contributed by atoms with Crippen LogP contribution in [0.4, 0.5) is 10.8 Å². The van der Waals surface area contributed by atoms with Gasteiger partial charge >= 0.3 is 0 Å². The molecule has 0 atom stereocenters. The van der Waals surface area contributed by atoms with Crippen LogP contribution in [0, 0.1) is 0 Å². The first-order valence-electron chi connectivity index (χ1n) is 6.89. The van der Waals surface area contributed by atoms with E-state index < -0.39 is 0 Å². The smallest absolute Gasteiger partial charge is 0.183 e. The van der Waals surface area contributed by atoms with Crippen LogP contribution < -0.4 is 15.8 Å². The van der Waals surface area contributed by atoms with Gasteiger partial charge in [0.05, 0.1) is 16.8 Å². The molecule has 0 radical (unpaired) electrons. The second-order valence-electron chi connectivity index (χ2n) is 4.69. The Labute approximate surface area is 127 Å². The minimum absolute atomic E-state index is 0.689. The van der Waals surface area contributed by atoms with Gasteiger partial charge < -0.3 is 15.8 Å². The van der Waals surface area contributed by atoms with Crippen LogP contribution in [-0.2, 0) is 0 Å². The Kier molecular flexibility index (Phi) is 4.21. The molecule has 0 amide bonds. The third kappa shape index (κ3) is 3.64. The Morgan fingerprint density at radius 3 is 2.86 bits per heavy atom. The van der Waals surface area contributed by atoms with E-state index in [0.717, 1.165) is 39.8 Å². The predicted molar refractivity (Wildman–Crippen MR) is 89.1 cm³/mol. The van der Waals surface area contributed by atoms with Crippen molar-refractivity contribution < 1.29 is 4.74 Å². The van der Waals surface area contributed by atoms with E-state index in [1.54, 1.807) is 11.3 Å². The van der Waals surface area contributed by atoms with Crippen LogP contribution in [0.3, 0.4) is 0 Å². The van der Waals surface area contributed by atoms with Gasteiger partial charge in [0.1, 0.15) is 5.75 Å². The molecule has 0 fully saturated rings. The van der Waals surface area contributed by atoms with Crippen LogP contribution in [0.2, 0.25) is 0 Å². The van der Waals surface area contributed by atoms with Crippen molar-refractivity contribution in [1.82, 2.24) is 4.98 Å². The van der Waals surface area contributed by atoms with Crippen LogP contribution >= 0.6 is 11.3 Å². The van der Waals surface area contributed by atoms with Gasteiger partial charge in [-0.1, -0.05) is 29.5 Å². The Balaban J connectivity index is 1.46. The predicted octanol–water partition coefficient (Wildman–Crippen LogP) is 3.76. The van der Waals surface area contributed by atoms with Gasteiger partial charge in [-0.3, -0.25) is 0 Å². The zero-order valence-electron chi connectivity index (χ0n) is 11.6. The van der Waals surface area contributed by atoms with E-state index in [4.69, 9.17) is 10.5 Å². The van der Waals surface area contributed by atoms with Crippen LogP contribution in [0.5, 0.6) is 5.75 Å². The highest BCUT2D eigenvalue weighted by Gasteiger charge is 2.03. The first-order valence-corrected chi connectivity index (χ1v) is 7.71. The molecular formula is C16H17N3OS. The fourth-order valence-electron chi connectivity index (χ4n) is 1.99. The molecule has 2 aromatic carbocycles. The Bertz CT molecular complexity index is 712. The van der Waals surface area contributed by atoms with Crippen LogP contribution in [0.1, 0.15) is 6.42 Å². The van der Waals surface area contributed by atoms with E-state index in [9.17, 15) is 0 Å². The summed E-state index contributed by atoms with van der Waals surface area (Å²) >= 11 is 1.62. The summed E-state index contributed by atoms with van der Waals surface area (Å²) < 4.78 is 6.75. The third-order valence-electron chi connectivity index (χ3n) is 3.02. The summed E-state index contributed by atoms with van der Waals surface area (Å²) in [5.74, 6) is 0.910. The van der Waals surface area contributed by atoms with Crippen molar-refractivity contribution in [3.8, 4) is 5.75 Å². The van der Waals surface area contributed by atoms with Gasteiger partial charge in [-0.05, 0) is 36.8 Å². The molecule has 4 nitrogen and oxygen atoms in total. The normalized spacial score (nSPS) is 10.7. The lowest BCUT2D eigenvalue weighted by Crippen LogP contribution is -2.06. The van der Waals surface area contributed by atoms with E-state index in [2.05, 4.69) is 10.3 Å². The Morgan fingerprint density at radius 1 is 1.14 bits per heavy atom. The molecule has 0 unspecified atom stereocenters. The van der Waals surface area contributed by atoms with Crippen molar-refractivity contribution in [1.29, 1.82) is 0 Å². The molecule has 1 aromatic heterocycles. The number of para-hydroxylation sites is 1. The van der Waals surface area contributed by atoms with Gasteiger partial charge in [0, 0.05) is 12.2 Å². The van der Waals surface area contributed by atoms with Gasteiger partial charge in [-0.15, -0.1) is 0 Å². The van der Waals surface area contributed by atoms with Gasteiger partial charge in [0.15, 0.2) is 5.13 Å². The summed E-state index contributed by atoms with van der Waals surface area (Å²) in [4.78, 5) is 4.52. The zero-order chi connectivity index (χ0) is 14.5. The first-order chi connectivity index (χ1) is 10.3. The van der Waals surface area contributed by atoms with Gasteiger partial charge in [-0.2, -0.15) is 0 Å². The van der Waals surface area contributed by atoms with Crippen molar-refractivity contribution in [2.45, 2.75) is 6.42 Å². The van der Waals surface area contributed by atoms with Crippen LogP contribution in [0.25, 0.3) is 10.2 Å². The number of hydrogen-bond donors (Lipinski definition) is 2. The molecule has 0 saturated heterocycles. The molecule has 3 aromatic rings. The topological polar surface area (TPSA) is 60.2 Å². The molecule has 3 N–H and O–H groups in total. The van der Waals surface area contributed by atoms with Crippen molar-refractivity contribution in [3.05, 3.63) is 48.5 Å². The molecule has 0 aliphatic carbocycles. The summed E-state index contributed by atoms with van der Waals surface area (Å²) in [5.41, 5.74) is 7.53. The molecule has 5 heteroatoms. The van der Waals surface area contributed by atoms with Crippen LogP contribution in [0.15, 0.2) is 48.5 Å². The maximum Gasteiger partial charge on any atom is 0.183 e. The summed E-state index contributed by atoms with van der Waals surface area (Å²) in [6, 6.07) is 15.6. The number of rotatable bonds is 6. The molecule has 21 heavy (non-hydrogen) atoms. The second-order valence-corrected chi connectivity index (χ2v) is 5.72. The van der Waals surface area contributed by atoms with Crippen molar-refractivity contribution in [2.24, 2.45) is 0 Å². The third-order valence-corrected chi connectivity index (χ3v) is 4.00. The highest BCUT2D eigenvalue weighted by Crippen LogP contribution is 2.27. The highest BCUT2D eigenvalue weighted by atomic mass is 32.1. The molecule has 1 heterocycles. The number of thiazole rings is 1. The van der Waals surface area contributed by atoms with E-state index >= 15 is 0 Å². The van der Waals surface area contributed by atoms with Crippen molar-refractivity contribution in [2.75, 3.05) is 24.2 Å². The summed E-state index contributed by atoms with van der Waals surface area (Å²) in [7, 11) is 0. The summed E-state index contributed by atoms with van der Waals surface area (Å²) in [6.07, 6.45) is 0.924. The number of anilines is 2. The molecule has 0 bridgehead atoms. The summed E-state index contributed by atoms with van der Waals surface area (Å²) in [6.45, 7) is 1.52. The largest absolute Gasteiger partial charge is 0.494 e. The molecule has 0 spiro atoms. The number of nitrogen functional groups attached to an aromatic ring is 1. The quantitative estimate of drug-likeness (QED) is 0.537. The fraction of sp³-hybridized carbons (Fsp3) is 0.188. The molecule has 0 aliphatic rings. The van der Waals surface area contributed by atoms with Gasteiger partial charge in [-0.25, -0.2) is 4.98 Å². The number of aromatic nitrogens is 1. The minimum Gasteiger partial charge on any atom is -0.494 e. The number of nitrogens with two attached hydrogens (primary N) is 1. The maximum absolute atomic E-state index is 5.77. The lowest BCUT2D eigenvalue weighted by Gasteiger charge is -2.06. The lowest BCUT2D eigenvalue weighted by molar-refractivity contribution is 0.315. The molecule has 108 valence electrons. The fourth-order valence-corrected chi connectivity index (χ4v) is 2.93. The number of benzene rings is 2. The molecule has 3 rings (SSSR count). The van der Waals surface area contributed by atoms with Gasteiger partial charge in [0.25, 0.3) is 0 Å². The van der Waals surface area contributed by atoms with E-state index in [-0.39, 0.29) is 0 Å². The Hall–Kier alpha value is -2.27. The SMILES string of the molecule is Nc1ccc2nc(NCCCOc3ccccc3)sc2c1. The number of hydrogen-bond acceptors (Lipinski definition) is 5. The van der Waals surface area contributed by atoms with E-state index in [1.807, 2.05) is 48.5 Å². The van der Waals surface area contributed by atoms with Crippen LogP contribution in [-0.4, -0.2) is 18.1 Å². The van der Waals surface area contributed by atoms with Crippen molar-refractivity contribution >= 4 is 32.4 Å². The number of fused-ring (bicyclic) bond motifs is 1. The van der Waals surface area contributed by atoms with E-state index in [0.29, 0.717) is 6.61 Å². The minimum atomic E-state index is 0.689. The average molecular weight is 299 g/mol. The number of nitrogens with one attached hydrogen (secondary N) is 1. The first kappa shape index (κ1) is 13.7. The summed E-state index contributed by atoms with van der Waals surface area (Å²) in [5, 5.41) is 4.25. The maximum atomic E-state index is 5.77. The van der Waals surface area contributed by atoms with E-state index in [1.165, 1.54) is 0 Å². The van der Waals surface area contributed by atoms with Crippen molar-refractivity contribution in [3.63, 3.8) is 0 Å². The molecular weight excluding hydrogens is 282 g/mol. The Morgan fingerprint density at radius 2 is 2.00 bits per heavy atom. The lowest BCUT2D eigenvalue weighted by atomic mass is 10.3. The van der Waals surface area contributed by atoms with Gasteiger partial charge in [0.2, 0.25) is 0 Å². The second kappa shape index (κ2) is 6.45.